The predicted molar refractivity (Wildman–Crippen MR) is 106 cm³/mol. The van der Waals surface area contributed by atoms with Crippen molar-refractivity contribution in [1.29, 1.82) is 0 Å². The number of hydrogen-bond donors (Lipinski definition) is 5. The fourth-order valence-electron chi connectivity index (χ4n) is 4.85. The SMILES string of the molecule is COc1ccc2c(c1)N[C@]1(c3[nH]c4ccccc4c3CCN)NCC[C@]21O. The molecular weight excluding hydrogens is 340 g/mol. The molecule has 0 bridgehead atoms. The van der Waals surface area contributed by atoms with Gasteiger partial charge in [0, 0.05) is 34.8 Å². The van der Waals surface area contributed by atoms with Crippen LogP contribution in [0.1, 0.15) is 23.2 Å². The number of anilines is 1. The van der Waals surface area contributed by atoms with E-state index >= 15 is 0 Å². The Hall–Kier alpha value is -2.54. The lowest BCUT2D eigenvalue weighted by molar-refractivity contribution is -0.00991. The highest BCUT2D eigenvalue weighted by Gasteiger charge is 2.62. The van der Waals surface area contributed by atoms with Gasteiger partial charge in [-0.25, -0.2) is 0 Å². The Balaban J connectivity index is 1.75. The smallest absolute Gasteiger partial charge is 0.164 e. The van der Waals surface area contributed by atoms with Gasteiger partial charge in [0.1, 0.15) is 11.4 Å². The number of ether oxygens (including phenoxy) is 1. The summed E-state index contributed by atoms with van der Waals surface area (Å²) in [6, 6.07) is 14.0. The van der Waals surface area contributed by atoms with Crippen LogP contribution in [-0.4, -0.2) is 30.3 Å². The topological polar surface area (TPSA) is 95.3 Å². The van der Waals surface area contributed by atoms with Gasteiger partial charge in [0.2, 0.25) is 0 Å². The number of aromatic nitrogens is 1. The van der Waals surface area contributed by atoms with Crippen molar-refractivity contribution in [1.82, 2.24) is 10.3 Å². The minimum Gasteiger partial charge on any atom is -0.497 e. The summed E-state index contributed by atoms with van der Waals surface area (Å²) in [5.41, 5.74) is 9.01. The Morgan fingerprint density at radius 3 is 2.89 bits per heavy atom. The molecule has 1 fully saturated rings. The zero-order valence-corrected chi connectivity index (χ0v) is 15.3. The molecule has 1 saturated heterocycles. The van der Waals surface area contributed by atoms with Crippen LogP contribution in [0.15, 0.2) is 42.5 Å². The molecular formula is C21H24N4O2. The van der Waals surface area contributed by atoms with E-state index in [0.717, 1.165) is 45.6 Å². The maximum atomic E-state index is 11.9. The van der Waals surface area contributed by atoms with E-state index in [1.807, 2.05) is 30.3 Å². The molecule has 2 aliphatic rings. The summed E-state index contributed by atoms with van der Waals surface area (Å²) >= 11 is 0. The lowest BCUT2D eigenvalue weighted by Gasteiger charge is -2.37. The number of nitrogens with one attached hydrogen (secondary N) is 3. The van der Waals surface area contributed by atoms with E-state index in [4.69, 9.17) is 10.5 Å². The average Bonchev–Trinajstić information content (AvgIpc) is 3.28. The Bertz CT molecular complexity index is 1030. The molecule has 0 saturated carbocycles. The lowest BCUT2D eigenvalue weighted by atomic mass is 9.81. The van der Waals surface area contributed by atoms with Crippen molar-refractivity contribution >= 4 is 16.6 Å². The number of fused-ring (bicyclic) bond motifs is 4. The molecule has 2 aromatic carbocycles. The van der Waals surface area contributed by atoms with Gasteiger partial charge in [-0.15, -0.1) is 0 Å². The van der Waals surface area contributed by atoms with Crippen LogP contribution in [0.4, 0.5) is 5.69 Å². The van der Waals surface area contributed by atoms with Crippen molar-refractivity contribution < 1.29 is 9.84 Å². The van der Waals surface area contributed by atoms with Crippen LogP contribution in [0, 0.1) is 0 Å². The van der Waals surface area contributed by atoms with Gasteiger partial charge in [-0.05, 0) is 37.1 Å². The first-order valence-corrected chi connectivity index (χ1v) is 9.37. The van der Waals surface area contributed by atoms with E-state index in [9.17, 15) is 5.11 Å². The van der Waals surface area contributed by atoms with Gasteiger partial charge in [-0.3, -0.25) is 5.32 Å². The molecule has 140 valence electrons. The van der Waals surface area contributed by atoms with Crippen LogP contribution in [0.3, 0.4) is 0 Å². The summed E-state index contributed by atoms with van der Waals surface area (Å²) in [4.78, 5) is 3.57. The largest absolute Gasteiger partial charge is 0.497 e. The van der Waals surface area contributed by atoms with Crippen molar-refractivity contribution in [3.63, 3.8) is 0 Å². The first-order chi connectivity index (χ1) is 13.1. The van der Waals surface area contributed by atoms with Gasteiger partial charge in [0.15, 0.2) is 5.66 Å². The number of para-hydroxylation sites is 1. The summed E-state index contributed by atoms with van der Waals surface area (Å²) in [6.07, 6.45) is 1.36. The van der Waals surface area contributed by atoms with Gasteiger partial charge in [0.25, 0.3) is 0 Å². The lowest BCUT2D eigenvalue weighted by Crippen LogP contribution is -2.54. The van der Waals surface area contributed by atoms with Crippen molar-refractivity contribution in [2.75, 3.05) is 25.5 Å². The third-order valence-corrected chi connectivity index (χ3v) is 6.07. The summed E-state index contributed by atoms with van der Waals surface area (Å²) in [7, 11) is 1.65. The number of benzene rings is 2. The first kappa shape index (κ1) is 16.6. The van der Waals surface area contributed by atoms with Gasteiger partial charge < -0.3 is 25.9 Å². The highest BCUT2D eigenvalue weighted by molar-refractivity contribution is 5.86. The van der Waals surface area contributed by atoms with E-state index in [0.29, 0.717) is 19.5 Å². The molecule has 0 spiro atoms. The molecule has 0 unspecified atom stereocenters. The zero-order valence-electron chi connectivity index (χ0n) is 15.3. The summed E-state index contributed by atoms with van der Waals surface area (Å²) in [5.74, 6) is 0.763. The van der Waals surface area contributed by atoms with E-state index in [1.165, 1.54) is 0 Å². The molecule has 0 radical (unpaired) electrons. The highest BCUT2D eigenvalue weighted by atomic mass is 16.5. The fourth-order valence-corrected chi connectivity index (χ4v) is 4.85. The Kier molecular flexibility index (Phi) is 3.53. The van der Waals surface area contributed by atoms with Gasteiger partial charge in [-0.1, -0.05) is 24.3 Å². The monoisotopic (exact) mass is 364 g/mol. The van der Waals surface area contributed by atoms with E-state index in [-0.39, 0.29) is 0 Å². The number of hydrogen-bond acceptors (Lipinski definition) is 5. The molecule has 6 heteroatoms. The molecule has 2 aliphatic heterocycles. The van der Waals surface area contributed by atoms with Crippen LogP contribution in [0.2, 0.25) is 0 Å². The highest BCUT2D eigenvalue weighted by Crippen LogP contribution is 2.55. The molecule has 27 heavy (non-hydrogen) atoms. The minimum atomic E-state index is -1.06. The van der Waals surface area contributed by atoms with Gasteiger partial charge in [0.05, 0.1) is 12.8 Å². The Labute approximate surface area is 157 Å². The Morgan fingerprint density at radius 1 is 1.22 bits per heavy atom. The van der Waals surface area contributed by atoms with E-state index in [2.05, 4.69) is 27.8 Å². The molecule has 5 rings (SSSR count). The molecule has 3 heterocycles. The number of aliphatic hydroxyl groups is 1. The molecule has 3 aromatic rings. The second kappa shape index (κ2) is 5.73. The molecule has 2 atom stereocenters. The second-order valence-electron chi connectivity index (χ2n) is 7.39. The number of rotatable bonds is 4. The van der Waals surface area contributed by atoms with Crippen molar-refractivity contribution in [2.24, 2.45) is 5.73 Å². The summed E-state index contributed by atoms with van der Waals surface area (Å²) < 4.78 is 5.38. The standard InChI is InChI=1S/C21H24N4O2/c1-27-13-6-7-16-18(12-13)25-21(20(16,26)9-11-23-21)19-15(8-10-22)14-4-2-3-5-17(14)24-19/h2-7,12,23-26H,8-11,22H2,1H3/t20-,21-/m0/s1. The minimum absolute atomic E-state index is 0.546. The van der Waals surface area contributed by atoms with Crippen molar-refractivity contribution in [2.45, 2.75) is 24.1 Å². The fraction of sp³-hybridized carbons (Fsp3) is 0.333. The molecule has 1 aromatic heterocycles. The van der Waals surface area contributed by atoms with Crippen LogP contribution < -0.4 is 21.1 Å². The third kappa shape index (κ3) is 2.06. The van der Waals surface area contributed by atoms with Gasteiger partial charge in [-0.2, -0.15) is 0 Å². The number of H-pyrrole nitrogens is 1. The predicted octanol–water partition coefficient (Wildman–Crippen LogP) is 2.14. The quantitative estimate of drug-likeness (QED) is 0.489. The van der Waals surface area contributed by atoms with Crippen LogP contribution in [0.5, 0.6) is 5.75 Å². The van der Waals surface area contributed by atoms with Crippen molar-refractivity contribution in [3.8, 4) is 5.75 Å². The third-order valence-electron chi connectivity index (χ3n) is 6.07. The van der Waals surface area contributed by atoms with Crippen molar-refractivity contribution in [3.05, 3.63) is 59.3 Å². The molecule has 0 aliphatic carbocycles. The number of nitrogens with two attached hydrogens (primary N) is 1. The first-order valence-electron chi connectivity index (χ1n) is 9.37. The summed E-state index contributed by atoms with van der Waals surface area (Å²) in [5, 5.41) is 20.2. The van der Waals surface area contributed by atoms with E-state index in [1.54, 1.807) is 7.11 Å². The molecule has 6 N–H and O–H groups in total. The van der Waals surface area contributed by atoms with Crippen LogP contribution in [-0.2, 0) is 17.7 Å². The number of aromatic amines is 1. The van der Waals surface area contributed by atoms with Gasteiger partial charge >= 0.3 is 0 Å². The second-order valence-corrected chi connectivity index (χ2v) is 7.39. The number of methoxy groups -OCH3 is 1. The maximum absolute atomic E-state index is 11.9. The van der Waals surface area contributed by atoms with Crippen LogP contribution >= 0.6 is 0 Å². The Morgan fingerprint density at radius 2 is 2.07 bits per heavy atom. The average molecular weight is 364 g/mol. The van der Waals surface area contributed by atoms with Crippen LogP contribution in [0.25, 0.3) is 10.9 Å². The summed E-state index contributed by atoms with van der Waals surface area (Å²) in [6.45, 7) is 1.26. The van der Waals surface area contributed by atoms with E-state index < -0.39 is 11.3 Å². The molecule has 6 nitrogen and oxygen atoms in total. The maximum Gasteiger partial charge on any atom is 0.164 e. The normalized spacial score (nSPS) is 26.0. The zero-order chi connectivity index (χ0) is 18.6. The molecule has 0 amide bonds.